The van der Waals surface area contributed by atoms with Gasteiger partial charge in [0.05, 0.1) is 35.0 Å². The number of nitrogens with two attached hydrogens (primary N) is 1. The Kier molecular flexibility index (Phi) is 8.86. The van der Waals surface area contributed by atoms with Crippen LogP contribution in [0.1, 0.15) is 35.2 Å². The lowest BCUT2D eigenvalue weighted by molar-refractivity contribution is 0.00501. The third-order valence-electron chi connectivity index (χ3n) is 6.93. The first-order chi connectivity index (χ1) is 15.9. The van der Waals surface area contributed by atoms with Gasteiger partial charge in [0.1, 0.15) is 5.75 Å². The van der Waals surface area contributed by atoms with Gasteiger partial charge in [-0.05, 0) is 25.3 Å². The second-order valence-electron chi connectivity index (χ2n) is 9.07. The van der Waals surface area contributed by atoms with E-state index in [1.54, 1.807) is 18.1 Å². The lowest BCUT2D eigenvalue weighted by atomic mass is 10.00. The Hall–Kier alpha value is -2.27. The number of halogens is 1. The molecule has 10 nitrogen and oxygen atoms in total. The highest BCUT2D eigenvalue weighted by Crippen LogP contribution is 2.38. The molecule has 5 N–H and O–H groups in total. The van der Waals surface area contributed by atoms with E-state index >= 15 is 0 Å². The lowest BCUT2D eigenvalue weighted by Gasteiger charge is -2.38. The van der Waals surface area contributed by atoms with E-state index in [0.29, 0.717) is 48.1 Å². The molecule has 4 rings (SSSR count). The zero-order valence-corrected chi connectivity index (χ0v) is 20.7. The van der Waals surface area contributed by atoms with E-state index in [-0.39, 0.29) is 29.6 Å². The van der Waals surface area contributed by atoms with Crippen molar-refractivity contribution in [3.8, 4) is 5.75 Å². The highest BCUT2D eigenvalue weighted by molar-refractivity contribution is 6.33. The minimum absolute atomic E-state index is 0. The number of urea groups is 1. The Morgan fingerprint density at radius 3 is 2.76 bits per heavy atom. The fraction of sp³-hybridized carbons (Fsp3) is 0.652. The number of nitrogens with zero attached hydrogens (tertiary/aromatic N) is 3. The van der Waals surface area contributed by atoms with Crippen LogP contribution in [0.2, 0.25) is 5.02 Å². The molecule has 2 saturated heterocycles. The predicted octanol–water partition coefficient (Wildman–Crippen LogP) is 0.999. The number of amides is 3. The van der Waals surface area contributed by atoms with E-state index in [1.165, 1.54) is 0 Å². The van der Waals surface area contributed by atoms with E-state index in [1.807, 2.05) is 11.9 Å². The smallest absolute Gasteiger partial charge is 0.319 e. The fourth-order valence-electron chi connectivity index (χ4n) is 4.91. The number of anilines is 1. The highest BCUT2D eigenvalue weighted by atomic mass is 35.5. The number of nitrogens with one attached hydrogen (secondary N) is 1. The normalized spacial score (nSPS) is 22.0. The second-order valence-corrected chi connectivity index (χ2v) is 9.47. The number of hydrogen-bond donors (Lipinski definition) is 2. The molecular formula is C23H36ClN5O5. The van der Waals surface area contributed by atoms with E-state index in [4.69, 9.17) is 26.8 Å². The Morgan fingerprint density at radius 2 is 2.06 bits per heavy atom. The number of benzene rings is 1. The molecule has 2 unspecified atom stereocenters. The molecule has 34 heavy (non-hydrogen) atoms. The van der Waals surface area contributed by atoms with Crippen molar-refractivity contribution >= 4 is 29.2 Å². The summed E-state index contributed by atoms with van der Waals surface area (Å²) in [6.45, 7) is 5.13. The van der Waals surface area contributed by atoms with Crippen LogP contribution in [0.25, 0.3) is 0 Å². The van der Waals surface area contributed by atoms with Crippen LogP contribution < -0.4 is 15.8 Å². The summed E-state index contributed by atoms with van der Waals surface area (Å²) in [4.78, 5) is 31.6. The molecular weight excluding hydrogens is 462 g/mol. The summed E-state index contributed by atoms with van der Waals surface area (Å²) in [5.74, 6) is 0.304. The van der Waals surface area contributed by atoms with Gasteiger partial charge in [0.25, 0.3) is 5.91 Å². The predicted molar refractivity (Wildman–Crippen MR) is 131 cm³/mol. The number of nitrogen functional groups attached to an aromatic ring is 1. The number of hydrogen-bond acceptors (Lipinski definition) is 6. The molecule has 3 amide bonds. The van der Waals surface area contributed by atoms with Crippen LogP contribution in [0.15, 0.2) is 6.07 Å². The molecule has 190 valence electrons. The van der Waals surface area contributed by atoms with Gasteiger partial charge in [0, 0.05) is 65.4 Å². The highest BCUT2D eigenvalue weighted by Gasteiger charge is 2.33. The van der Waals surface area contributed by atoms with Crippen LogP contribution in [0.4, 0.5) is 10.5 Å². The zero-order chi connectivity index (χ0) is 23.5. The number of carbonyl (C=O) groups excluding carboxylic acids is 2. The van der Waals surface area contributed by atoms with Crippen LogP contribution >= 0.6 is 11.6 Å². The summed E-state index contributed by atoms with van der Waals surface area (Å²) < 4.78 is 11.4. The van der Waals surface area contributed by atoms with Crippen molar-refractivity contribution in [3.63, 3.8) is 0 Å². The molecule has 0 bridgehead atoms. The molecule has 0 aliphatic carbocycles. The van der Waals surface area contributed by atoms with Crippen LogP contribution in [-0.4, -0.2) is 104 Å². The quantitative estimate of drug-likeness (QED) is 0.563. The van der Waals surface area contributed by atoms with Gasteiger partial charge in [-0.15, -0.1) is 0 Å². The molecule has 0 radical (unpaired) electrons. The third-order valence-corrected chi connectivity index (χ3v) is 7.25. The van der Waals surface area contributed by atoms with Gasteiger partial charge in [0.15, 0.2) is 0 Å². The summed E-state index contributed by atoms with van der Waals surface area (Å²) in [7, 11) is 3.52. The second kappa shape index (κ2) is 11.4. The fourth-order valence-corrected chi connectivity index (χ4v) is 5.13. The number of ether oxygens (including phenoxy) is 2. The molecule has 1 aromatic carbocycles. The van der Waals surface area contributed by atoms with Crippen molar-refractivity contribution in [2.45, 2.75) is 37.8 Å². The molecule has 1 aromatic rings. The first-order valence-electron chi connectivity index (χ1n) is 11.7. The Bertz CT molecular complexity index is 895. The maximum atomic E-state index is 13.1. The van der Waals surface area contributed by atoms with E-state index in [2.05, 4.69) is 10.2 Å². The summed E-state index contributed by atoms with van der Waals surface area (Å²) in [5, 5.41) is 3.48. The molecule has 11 heteroatoms. The molecule has 3 aliphatic heterocycles. The van der Waals surface area contributed by atoms with Crippen molar-refractivity contribution in [2.24, 2.45) is 0 Å². The molecule has 2 atom stereocenters. The van der Waals surface area contributed by atoms with Crippen molar-refractivity contribution < 1.29 is 24.5 Å². The number of likely N-dealkylation sites (N-methyl/N-ethyl adjacent to an activating group) is 1. The Morgan fingerprint density at radius 1 is 1.32 bits per heavy atom. The Balaban J connectivity index is 0.00000324. The molecule has 0 aromatic heterocycles. The minimum atomic E-state index is -0.230. The summed E-state index contributed by atoms with van der Waals surface area (Å²) in [6, 6.07) is 1.56. The monoisotopic (exact) mass is 497 g/mol. The SMILES string of the molecule is COC1CN(CCN(C)C(=O)N2CCCC2)CCC1NC(=O)c1cc(Cl)c(N)c2c1OCC2.O. The van der Waals surface area contributed by atoms with Gasteiger partial charge in [0.2, 0.25) is 0 Å². The summed E-state index contributed by atoms with van der Waals surface area (Å²) >= 11 is 6.26. The number of fused-ring (bicyclic) bond motifs is 1. The zero-order valence-electron chi connectivity index (χ0n) is 19.9. The van der Waals surface area contributed by atoms with Gasteiger partial charge >= 0.3 is 6.03 Å². The molecule has 0 spiro atoms. The maximum absolute atomic E-state index is 13.1. The first-order valence-corrected chi connectivity index (χ1v) is 12.1. The van der Waals surface area contributed by atoms with Gasteiger partial charge in [-0.25, -0.2) is 4.79 Å². The number of rotatable bonds is 6. The average Bonchev–Trinajstić information content (AvgIpc) is 3.52. The topological polar surface area (TPSA) is 132 Å². The van der Waals surface area contributed by atoms with Gasteiger partial charge in [-0.2, -0.15) is 0 Å². The van der Waals surface area contributed by atoms with Crippen molar-refractivity contribution in [2.75, 3.05) is 65.8 Å². The third kappa shape index (κ3) is 5.51. The molecule has 3 aliphatic rings. The van der Waals surface area contributed by atoms with Crippen molar-refractivity contribution in [3.05, 3.63) is 22.2 Å². The number of carbonyl (C=O) groups is 2. The van der Waals surface area contributed by atoms with Gasteiger partial charge < -0.3 is 35.8 Å². The molecule has 0 saturated carbocycles. The van der Waals surface area contributed by atoms with E-state index in [0.717, 1.165) is 51.0 Å². The van der Waals surface area contributed by atoms with E-state index in [9.17, 15) is 9.59 Å². The number of methoxy groups -OCH3 is 1. The standard InChI is InChI=1S/C23H34ClN5O4.H2O/c1-27(23(31)29-7-3-4-8-29)10-11-28-9-5-18(19(14-28)32-2)26-22(30)16-13-17(24)20(25)15-6-12-33-21(15)16;/h13,18-19H,3-12,14,25H2,1-2H3,(H,26,30);1H2. The molecule has 2 fully saturated rings. The molecule has 3 heterocycles. The van der Waals surface area contributed by atoms with Crippen LogP contribution in [0, 0.1) is 0 Å². The van der Waals surface area contributed by atoms with Crippen LogP contribution in [0.3, 0.4) is 0 Å². The maximum Gasteiger partial charge on any atom is 0.319 e. The average molecular weight is 498 g/mol. The van der Waals surface area contributed by atoms with Gasteiger partial charge in [-0.1, -0.05) is 11.6 Å². The van der Waals surface area contributed by atoms with Gasteiger partial charge in [-0.3, -0.25) is 9.69 Å². The summed E-state index contributed by atoms with van der Waals surface area (Å²) in [6.07, 6.45) is 3.42. The largest absolute Gasteiger partial charge is 0.492 e. The number of piperidine rings is 1. The van der Waals surface area contributed by atoms with Crippen LogP contribution in [0.5, 0.6) is 5.75 Å². The van der Waals surface area contributed by atoms with E-state index < -0.39 is 0 Å². The van der Waals surface area contributed by atoms with Crippen molar-refractivity contribution in [1.29, 1.82) is 0 Å². The lowest BCUT2D eigenvalue weighted by Crippen LogP contribution is -2.56. The summed E-state index contributed by atoms with van der Waals surface area (Å²) in [5.41, 5.74) is 7.76. The van der Waals surface area contributed by atoms with Crippen LogP contribution in [-0.2, 0) is 11.2 Å². The first kappa shape index (κ1) is 26.3. The Labute approximate surface area is 205 Å². The number of likely N-dealkylation sites (tertiary alicyclic amines) is 2. The minimum Gasteiger partial charge on any atom is -0.492 e. The van der Waals surface area contributed by atoms with Crippen molar-refractivity contribution in [1.82, 2.24) is 20.0 Å².